The Morgan fingerprint density at radius 2 is 1.38 bits per heavy atom. The second-order valence-corrected chi connectivity index (χ2v) is 10.1. The van der Waals surface area contributed by atoms with E-state index >= 15 is 0 Å². The van der Waals surface area contributed by atoms with Gasteiger partial charge in [-0.1, -0.05) is 78.4 Å². The van der Waals surface area contributed by atoms with Gasteiger partial charge in [-0.2, -0.15) is 5.10 Å². The average molecular weight is 446 g/mol. The van der Waals surface area contributed by atoms with Gasteiger partial charge in [0.05, 0.1) is 16.1 Å². The smallest absolute Gasteiger partial charge is 0.263 e. The van der Waals surface area contributed by atoms with E-state index in [4.69, 9.17) is 5.10 Å². The first-order valence-electron chi connectivity index (χ1n) is 10.5. The Morgan fingerprint density at radius 3 is 1.97 bits per heavy atom. The number of aromatic nitrogens is 2. The predicted molar refractivity (Wildman–Crippen MR) is 129 cm³/mol. The zero-order valence-electron chi connectivity index (χ0n) is 18.7. The summed E-state index contributed by atoms with van der Waals surface area (Å²) >= 11 is 0. The molecule has 1 N–H and O–H groups in total. The second-order valence-electron chi connectivity index (χ2n) is 8.43. The molecule has 0 saturated carbocycles. The highest BCUT2D eigenvalue weighted by Crippen LogP contribution is 2.38. The second kappa shape index (κ2) is 8.28. The first-order chi connectivity index (χ1) is 15.2. The van der Waals surface area contributed by atoms with Crippen molar-refractivity contribution in [1.29, 1.82) is 0 Å². The molecule has 0 saturated heterocycles. The van der Waals surface area contributed by atoms with E-state index < -0.39 is 15.6 Å². The van der Waals surface area contributed by atoms with E-state index in [1.54, 1.807) is 35.0 Å². The summed E-state index contributed by atoms with van der Waals surface area (Å²) in [5.74, 6) is 0.447. The summed E-state index contributed by atoms with van der Waals surface area (Å²) < 4.78 is 31.2. The van der Waals surface area contributed by atoms with Crippen molar-refractivity contribution in [3.8, 4) is 11.1 Å². The van der Waals surface area contributed by atoms with Crippen LogP contribution in [0.2, 0.25) is 0 Å². The fourth-order valence-electron chi connectivity index (χ4n) is 3.85. The summed E-state index contributed by atoms with van der Waals surface area (Å²) in [6.07, 6.45) is 0. The maximum Gasteiger partial charge on any atom is 0.263 e. The summed E-state index contributed by atoms with van der Waals surface area (Å²) in [5.41, 5.74) is 4.02. The fraction of sp³-hybridized carbons (Fsp3) is 0.192. The molecule has 4 aromatic rings. The van der Waals surface area contributed by atoms with Crippen LogP contribution in [0.1, 0.15) is 30.7 Å². The molecular weight excluding hydrogens is 418 g/mol. The quantitative estimate of drug-likeness (QED) is 0.411. The van der Waals surface area contributed by atoms with Crippen molar-refractivity contribution in [3.63, 3.8) is 0 Å². The number of hydrogen-bond donors (Lipinski definition) is 1. The lowest BCUT2D eigenvalue weighted by molar-refractivity contribution is 0.395. The Kier molecular flexibility index (Phi) is 5.65. The summed E-state index contributed by atoms with van der Waals surface area (Å²) in [6, 6.07) is 26.4. The van der Waals surface area contributed by atoms with Gasteiger partial charge in [0, 0.05) is 5.56 Å². The van der Waals surface area contributed by atoms with Crippen LogP contribution in [-0.4, -0.2) is 18.2 Å². The molecule has 0 spiro atoms. The summed E-state index contributed by atoms with van der Waals surface area (Å²) in [7, 11) is -3.81. The SMILES string of the molecule is Cc1ccc(C(C)(C)n2nc(C)c(-c3ccccc3)c2NS(=O)(=O)c2ccccc2)cc1. The monoisotopic (exact) mass is 445 g/mol. The molecule has 0 amide bonds. The number of aryl methyl sites for hydroxylation is 2. The van der Waals surface area contributed by atoms with Crippen LogP contribution >= 0.6 is 0 Å². The van der Waals surface area contributed by atoms with Gasteiger partial charge in [-0.15, -0.1) is 0 Å². The van der Waals surface area contributed by atoms with Gasteiger partial charge in [-0.3, -0.25) is 4.72 Å². The zero-order chi connectivity index (χ0) is 22.9. The minimum Gasteiger partial charge on any atom is -0.263 e. The van der Waals surface area contributed by atoms with E-state index in [9.17, 15) is 8.42 Å². The van der Waals surface area contributed by atoms with Gasteiger partial charge >= 0.3 is 0 Å². The molecule has 3 aromatic carbocycles. The van der Waals surface area contributed by atoms with E-state index in [2.05, 4.69) is 29.0 Å². The van der Waals surface area contributed by atoms with Crippen molar-refractivity contribution in [2.75, 3.05) is 4.72 Å². The third-order valence-corrected chi connectivity index (χ3v) is 7.05. The van der Waals surface area contributed by atoms with Crippen molar-refractivity contribution >= 4 is 15.8 Å². The van der Waals surface area contributed by atoms with Crippen LogP contribution in [-0.2, 0) is 15.6 Å². The Balaban J connectivity index is 1.92. The van der Waals surface area contributed by atoms with E-state index in [0.29, 0.717) is 5.82 Å². The maximum atomic E-state index is 13.3. The average Bonchev–Trinajstić information content (AvgIpc) is 3.11. The van der Waals surface area contributed by atoms with E-state index in [-0.39, 0.29) is 4.90 Å². The highest BCUT2D eigenvalue weighted by molar-refractivity contribution is 7.92. The molecule has 5 nitrogen and oxygen atoms in total. The van der Waals surface area contributed by atoms with Crippen LogP contribution in [0.4, 0.5) is 5.82 Å². The van der Waals surface area contributed by atoms with Crippen LogP contribution in [0.3, 0.4) is 0 Å². The third kappa shape index (κ3) is 4.06. The van der Waals surface area contributed by atoms with E-state index in [0.717, 1.165) is 27.9 Å². The fourth-order valence-corrected chi connectivity index (χ4v) is 4.92. The maximum absolute atomic E-state index is 13.3. The summed E-state index contributed by atoms with van der Waals surface area (Å²) in [4.78, 5) is 0.206. The molecule has 0 atom stereocenters. The molecule has 0 aliphatic heterocycles. The lowest BCUT2D eigenvalue weighted by Crippen LogP contribution is -2.31. The molecule has 164 valence electrons. The summed E-state index contributed by atoms with van der Waals surface area (Å²) in [5, 5.41) is 4.83. The highest BCUT2D eigenvalue weighted by atomic mass is 32.2. The largest absolute Gasteiger partial charge is 0.263 e. The molecular formula is C26H27N3O2S. The topological polar surface area (TPSA) is 64.0 Å². The van der Waals surface area contributed by atoms with Crippen LogP contribution in [0.25, 0.3) is 11.1 Å². The minimum absolute atomic E-state index is 0.206. The molecule has 6 heteroatoms. The van der Waals surface area contributed by atoms with E-state index in [1.807, 2.05) is 58.0 Å². The van der Waals surface area contributed by atoms with Crippen molar-refractivity contribution in [2.24, 2.45) is 0 Å². The van der Waals surface area contributed by atoms with Gasteiger partial charge < -0.3 is 0 Å². The van der Waals surface area contributed by atoms with Gasteiger partial charge in [0.2, 0.25) is 0 Å². The molecule has 0 bridgehead atoms. The standard InChI is InChI=1S/C26H27N3O2S/c1-19-15-17-22(18-16-19)26(3,4)29-25(28-32(30,31)23-13-9-6-10-14-23)24(20(2)27-29)21-11-7-5-8-12-21/h5-18,28H,1-4H3. The Morgan fingerprint density at radius 1 is 0.812 bits per heavy atom. The van der Waals surface area contributed by atoms with Crippen LogP contribution in [0.15, 0.2) is 89.8 Å². The van der Waals surface area contributed by atoms with Gasteiger partial charge in [0.1, 0.15) is 5.82 Å². The lowest BCUT2D eigenvalue weighted by Gasteiger charge is -2.29. The molecule has 0 fully saturated rings. The van der Waals surface area contributed by atoms with Crippen molar-refractivity contribution in [2.45, 2.75) is 38.1 Å². The third-order valence-electron chi connectivity index (χ3n) is 5.69. The molecule has 1 heterocycles. The predicted octanol–water partition coefficient (Wildman–Crippen LogP) is 5.75. The number of hydrogen-bond acceptors (Lipinski definition) is 3. The number of rotatable bonds is 6. The first-order valence-corrected chi connectivity index (χ1v) is 12.0. The molecule has 1 aromatic heterocycles. The molecule has 0 aliphatic carbocycles. The van der Waals surface area contributed by atoms with Crippen molar-refractivity contribution in [3.05, 3.63) is 102 Å². The van der Waals surface area contributed by atoms with Crippen LogP contribution < -0.4 is 4.72 Å². The van der Waals surface area contributed by atoms with Gasteiger partial charge in [-0.25, -0.2) is 13.1 Å². The molecule has 4 rings (SSSR count). The number of nitrogens with zero attached hydrogens (tertiary/aromatic N) is 2. The van der Waals surface area contributed by atoms with Crippen molar-refractivity contribution in [1.82, 2.24) is 9.78 Å². The van der Waals surface area contributed by atoms with E-state index in [1.165, 1.54) is 0 Å². The minimum atomic E-state index is -3.81. The normalized spacial score (nSPS) is 12.0. The zero-order valence-corrected chi connectivity index (χ0v) is 19.5. The molecule has 0 aliphatic rings. The van der Waals surface area contributed by atoms with Gasteiger partial charge in [0.15, 0.2) is 0 Å². The lowest BCUT2D eigenvalue weighted by atomic mass is 9.93. The van der Waals surface area contributed by atoms with Crippen LogP contribution in [0, 0.1) is 13.8 Å². The number of nitrogens with one attached hydrogen (secondary N) is 1. The highest BCUT2D eigenvalue weighted by Gasteiger charge is 2.32. The number of benzene rings is 3. The molecule has 0 unspecified atom stereocenters. The number of anilines is 1. The molecule has 32 heavy (non-hydrogen) atoms. The van der Waals surface area contributed by atoms with Crippen LogP contribution in [0.5, 0.6) is 0 Å². The Bertz CT molecular complexity index is 1330. The molecule has 0 radical (unpaired) electrons. The van der Waals surface area contributed by atoms with Crippen molar-refractivity contribution < 1.29 is 8.42 Å². The Labute approximate surface area is 189 Å². The summed E-state index contributed by atoms with van der Waals surface area (Å²) in [6.45, 7) is 8.03. The number of sulfonamides is 1. The van der Waals surface area contributed by atoms with Gasteiger partial charge in [0.25, 0.3) is 10.0 Å². The Hall–Kier alpha value is -3.38. The first kappa shape index (κ1) is 21.8. The van der Waals surface area contributed by atoms with Gasteiger partial charge in [-0.05, 0) is 51.0 Å².